The first-order valence-electron chi connectivity index (χ1n) is 10.5. The molecular weight excluding hydrogens is 370 g/mol. The molecule has 1 aromatic heterocycles. The summed E-state index contributed by atoms with van der Waals surface area (Å²) in [4.78, 5) is 38.8. The molecule has 3 rings (SSSR count). The van der Waals surface area contributed by atoms with Crippen LogP contribution in [0.2, 0.25) is 0 Å². The molecule has 0 bridgehead atoms. The summed E-state index contributed by atoms with van der Waals surface area (Å²) in [6.45, 7) is 12.4. The molecule has 1 aliphatic carbocycles. The molecule has 1 saturated heterocycles. The first-order valence-corrected chi connectivity index (χ1v) is 10.5. The Morgan fingerprint density at radius 2 is 1.97 bits per heavy atom. The Bertz CT molecular complexity index is 823. The van der Waals surface area contributed by atoms with E-state index in [0.29, 0.717) is 32.7 Å². The molecule has 160 valence electrons. The average molecular weight is 404 g/mol. The summed E-state index contributed by atoms with van der Waals surface area (Å²) in [7, 11) is 0. The van der Waals surface area contributed by atoms with Crippen molar-refractivity contribution in [2.75, 3.05) is 26.2 Å². The molecule has 1 fully saturated rings. The summed E-state index contributed by atoms with van der Waals surface area (Å²) >= 11 is 0. The van der Waals surface area contributed by atoms with E-state index in [1.165, 1.54) is 0 Å². The number of cyclic esters (lactones) is 1. The van der Waals surface area contributed by atoms with Crippen molar-refractivity contribution in [1.29, 1.82) is 0 Å². The molecule has 0 radical (unpaired) electrons. The van der Waals surface area contributed by atoms with Gasteiger partial charge in [0.15, 0.2) is 5.78 Å². The van der Waals surface area contributed by atoms with Gasteiger partial charge in [0, 0.05) is 49.0 Å². The monoisotopic (exact) mass is 403 g/mol. The number of amides is 2. The number of ketones is 1. The fraction of sp³-hybridized carbons (Fsp3) is 0.682. The van der Waals surface area contributed by atoms with Crippen molar-refractivity contribution in [2.45, 2.75) is 66.3 Å². The molecule has 0 saturated carbocycles. The zero-order valence-electron chi connectivity index (χ0n) is 18.3. The van der Waals surface area contributed by atoms with Gasteiger partial charge in [-0.15, -0.1) is 0 Å². The Kier molecular flexibility index (Phi) is 6.05. The third-order valence-corrected chi connectivity index (χ3v) is 5.86. The van der Waals surface area contributed by atoms with Crippen molar-refractivity contribution in [1.82, 2.24) is 14.8 Å². The second-order valence-electron chi connectivity index (χ2n) is 9.27. The Morgan fingerprint density at radius 1 is 1.24 bits per heavy atom. The van der Waals surface area contributed by atoms with Crippen molar-refractivity contribution in [3.8, 4) is 0 Å². The molecule has 2 amide bonds. The molecule has 0 atom stereocenters. The number of rotatable bonds is 6. The van der Waals surface area contributed by atoms with Crippen molar-refractivity contribution in [3.63, 3.8) is 0 Å². The largest absolute Gasteiger partial charge is 0.449 e. The SMILES string of the molecule is Cc1c(CC(=O)NCCN2CCCOC2=O)c2c(n1C(C)C)CC(C)(C)CC2=O. The highest BCUT2D eigenvalue weighted by atomic mass is 16.6. The molecule has 7 heteroatoms. The summed E-state index contributed by atoms with van der Waals surface area (Å²) in [6.07, 6.45) is 2.02. The molecular formula is C22H33N3O4. The van der Waals surface area contributed by atoms with Gasteiger partial charge in [-0.05, 0) is 44.6 Å². The molecule has 2 aliphatic rings. The summed E-state index contributed by atoms with van der Waals surface area (Å²) < 4.78 is 7.23. The average Bonchev–Trinajstić information content (AvgIpc) is 2.87. The molecule has 1 N–H and O–H groups in total. The third kappa shape index (κ3) is 4.49. The highest BCUT2D eigenvalue weighted by molar-refractivity contribution is 6.01. The second kappa shape index (κ2) is 8.20. The van der Waals surface area contributed by atoms with E-state index >= 15 is 0 Å². The molecule has 1 aliphatic heterocycles. The lowest BCUT2D eigenvalue weighted by molar-refractivity contribution is -0.120. The first kappa shape index (κ1) is 21.4. The molecule has 0 unspecified atom stereocenters. The van der Waals surface area contributed by atoms with Crippen molar-refractivity contribution in [3.05, 3.63) is 22.5 Å². The fourth-order valence-corrected chi connectivity index (χ4v) is 4.63. The Balaban J connectivity index is 1.73. The predicted octanol–water partition coefficient (Wildman–Crippen LogP) is 3.03. The van der Waals surface area contributed by atoms with Crippen LogP contribution in [-0.2, 0) is 22.4 Å². The van der Waals surface area contributed by atoms with E-state index in [4.69, 9.17) is 4.74 Å². The Morgan fingerprint density at radius 3 is 2.62 bits per heavy atom. The van der Waals surface area contributed by atoms with Crippen LogP contribution in [0.5, 0.6) is 0 Å². The fourth-order valence-electron chi connectivity index (χ4n) is 4.63. The van der Waals surface area contributed by atoms with Crippen molar-refractivity contribution < 1.29 is 19.1 Å². The number of hydrogen-bond donors (Lipinski definition) is 1. The lowest BCUT2D eigenvalue weighted by Gasteiger charge is -2.31. The van der Waals surface area contributed by atoms with Crippen molar-refractivity contribution in [2.24, 2.45) is 5.41 Å². The summed E-state index contributed by atoms with van der Waals surface area (Å²) in [5.41, 5.74) is 3.61. The number of Topliss-reactive ketones (excluding diaryl/α,β-unsaturated/α-hetero) is 1. The summed E-state index contributed by atoms with van der Waals surface area (Å²) in [6, 6.07) is 0.229. The van der Waals surface area contributed by atoms with Gasteiger partial charge >= 0.3 is 6.09 Å². The van der Waals surface area contributed by atoms with Crippen LogP contribution in [0, 0.1) is 12.3 Å². The molecule has 0 spiro atoms. The number of carbonyl (C=O) groups excluding carboxylic acids is 3. The summed E-state index contributed by atoms with van der Waals surface area (Å²) in [5, 5.41) is 2.89. The predicted molar refractivity (Wildman–Crippen MR) is 110 cm³/mol. The van der Waals surface area contributed by atoms with E-state index in [0.717, 1.165) is 35.4 Å². The molecule has 7 nitrogen and oxygen atoms in total. The highest BCUT2D eigenvalue weighted by Crippen LogP contribution is 2.40. The number of hydrogen-bond acceptors (Lipinski definition) is 4. The minimum absolute atomic E-state index is 0.0654. The van der Waals surface area contributed by atoms with E-state index < -0.39 is 0 Å². The van der Waals surface area contributed by atoms with E-state index in [1.807, 2.05) is 6.92 Å². The van der Waals surface area contributed by atoms with Gasteiger partial charge in [0.05, 0.1) is 13.0 Å². The number of fused-ring (bicyclic) bond motifs is 1. The smallest absolute Gasteiger partial charge is 0.409 e. The van der Waals surface area contributed by atoms with Gasteiger partial charge in [0.2, 0.25) is 5.91 Å². The first-order chi connectivity index (χ1) is 13.6. The molecule has 1 aromatic rings. The normalized spacial score (nSPS) is 18.6. The highest BCUT2D eigenvalue weighted by Gasteiger charge is 2.37. The van der Waals surface area contributed by atoms with Crippen LogP contribution in [0.4, 0.5) is 4.79 Å². The standard InChI is InChI=1S/C22H33N3O4/c1-14(2)25-15(3)16(20-17(25)12-22(4,5)13-18(20)26)11-19(27)23-7-9-24-8-6-10-29-21(24)28/h14H,6-13H2,1-5H3,(H,23,27). The van der Waals surface area contributed by atoms with Gasteiger partial charge in [-0.1, -0.05) is 13.8 Å². The minimum Gasteiger partial charge on any atom is -0.449 e. The number of aromatic nitrogens is 1. The van der Waals surface area contributed by atoms with Gasteiger partial charge in [0.25, 0.3) is 0 Å². The maximum atomic E-state index is 12.9. The van der Waals surface area contributed by atoms with Crippen LogP contribution >= 0.6 is 0 Å². The molecule has 29 heavy (non-hydrogen) atoms. The van der Waals surface area contributed by atoms with Gasteiger partial charge in [0.1, 0.15) is 0 Å². The number of nitrogens with zero attached hydrogens (tertiary/aromatic N) is 2. The van der Waals surface area contributed by atoms with Gasteiger partial charge in [-0.25, -0.2) is 4.79 Å². The number of nitrogens with one attached hydrogen (secondary N) is 1. The van der Waals surface area contributed by atoms with Crippen LogP contribution < -0.4 is 5.32 Å². The zero-order valence-corrected chi connectivity index (χ0v) is 18.3. The molecule has 0 aromatic carbocycles. The van der Waals surface area contributed by atoms with Crippen LogP contribution in [0.15, 0.2) is 0 Å². The van der Waals surface area contributed by atoms with E-state index in [-0.39, 0.29) is 35.7 Å². The van der Waals surface area contributed by atoms with Gasteiger partial charge in [-0.3, -0.25) is 9.59 Å². The van der Waals surface area contributed by atoms with E-state index in [9.17, 15) is 14.4 Å². The van der Waals surface area contributed by atoms with E-state index in [1.54, 1.807) is 4.90 Å². The zero-order chi connectivity index (χ0) is 21.3. The Labute approximate surface area is 172 Å². The summed E-state index contributed by atoms with van der Waals surface area (Å²) in [5.74, 6) is 0.0115. The van der Waals surface area contributed by atoms with Gasteiger partial charge in [-0.2, -0.15) is 0 Å². The third-order valence-electron chi connectivity index (χ3n) is 5.86. The molecule has 2 heterocycles. The maximum Gasteiger partial charge on any atom is 0.409 e. The van der Waals surface area contributed by atoms with Crippen LogP contribution in [0.1, 0.15) is 73.9 Å². The lowest BCUT2D eigenvalue weighted by atomic mass is 9.75. The van der Waals surface area contributed by atoms with Crippen LogP contribution in [0.25, 0.3) is 0 Å². The van der Waals surface area contributed by atoms with Crippen LogP contribution in [-0.4, -0.2) is 53.5 Å². The topological polar surface area (TPSA) is 80.6 Å². The quantitative estimate of drug-likeness (QED) is 0.792. The van der Waals surface area contributed by atoms with E-state index in [2.05, 4.69) is 37.6 Å². The Hall–Kier alpha value is -2.31. The number of ether oxygens (including phenoxy) is 1. The van der Waals surface area contributed by atoms with Crippen LogP contribution in [0.3, 0.4) is 0 Å². The lowest BCUT2D eigenvalue weighted by Crippen LogP contribution is -2.42. The number of carbonyl (C=O) groups is 3. The maximum absolute atomic E-state index is 12.9. The van der Waals surface area contributed by atoms with Gasteiger partial charge < -0.3 is 19.5 Å². The minimum atomic E-state index is -0.322. The van der Waals surface area contributed by atoms with Crippen molar-refractivity contribution >= 4 is 17.8 Å². The second-order valence-corrected chi connectivity index (χ2v) is 9.27.